The number of benzene rings is 1. The Morgan fingerprint density at radius 3 is 2.57 bits per heavy atom. The molecule has 2 aromatic heterocycles. The number of anilines is 2. The second kappa shape index (κ2) is 8.48. The lowest BCUT2D eigenvalue weighted by molar-refractivity contribution is -0.120. The molecule has 1 aliphatic rings. The molecular weight excluding hydrogens is 370 g/mol. The molecule has 0 radical (unpaired) electrons. The van der Waals surface area contributed by atoms with Crippen molar-refractivity contribution in [3.8, 4) is 0 Å². The topological polar surface area (TPSA) is 71.0 Å². The molecule has 0 aliphatic carbocycles. The maximum atomic E-state index is 12.6. The van der Waals surface area contributed by atoms with Crippen LogP contribution in [-0.2, 0) is 11.2 Å². The van der Waals surface area contributed by atoms with E-state index >= 15 is 0 Å². The van der Waals surface area contributed by atoms with Gasteiger partial charge in [0.05, 0.1) is 0 Å². The van der Waals surface area contributed by atoms with E-state index in [-0.39, 0.29) is 11.8 Å². The lowest BCUT2D eigenvalue weighted by atomic mass is 9.96. The third-order valence-corrected chi connectivity index (χ3v) is 5.90. The van der Waals surface area contributed by atoms with Gasteiger partial charge in [-0.15, -0.1) is 11.3 Å². The predicted molar refractivity (Wildman–Crippen MR) is 112 cm³/mol. The highest BCUT2D eigenvalue weighted by Gasteiger charge is 2.26. The van der Waals surface area contributed by atoms with E-state index in [4.69, 9.17) is 0 Å². The number of hydrogen-bond acceptors (Lipinski definition) is 6. The van der Waals surface area contributed by atoms with Crippen LogP contribution in [0.2, 0.25) is 0 Å². The first-order valence-corrected chi connectivity index (χ1v) is 10.3. The summed E-state index contributed by atoms with van der Waals surface area (Å²) < 4.78 is 0. The molecule has 1 N–H and O–H groups in total. The Kier molecular flexibility index (Phi) is 5.62. The van der Waals surface area contributed by atoms with Crippen LogP contribution in [0, 0.1) is 12.8 Å². The average Bonchev–Trinajstić information content (AvgIpc) is 3.17. The molecule has 3 heterocycles. The largest absolute Gasteiger partial charge is 0.341 e. The van der Waals surface area contributed by atoms with Gasteiger partial charge in [0.2, 0.25) is 11.9 Å². The molecule has 1 aromatic carbocycles. The summed E-state index contributed by atoms with van der Waals surface area (Å²) >= 11 is 1.55. The molecule has 1 aliphatic heterocycles. The molecule has 144 valence electrons. The second-order valence-electron chi connectivity index (χ2n) is 7.09. The third kappa shape index (κ3) is 4.54. The molecule has 7 heteroatoms. The van der Waals surface area contributed by atoms with Crippen molar-refractivity contribution in [1.29, 1.82) is 0 Å². The number of carbonyl (C=O) groups is 1. The van der Waals surface area contributed by atoms with Crippen LogP contribution >= 0.6 is 11.3 Å². The van der Waals surface area contributed by atoms with Gasteiger partial charge < -0.3 is 10.2 Å². The summed E-state index contributed by atoms with van der Waals surface area (Å²) in [5.41, 5.74) is 2.51. The van der Waals surface area contributed by atoms with E-state index in [1.54, 1.807) is 23.7 Å². The van der Waals surface area contributed by atoms with Gasteiger partial charge >= 0.3 is 0 Å². The summed E-state index contributed by atoms with van der Waals surface area (Å²) in [5.74, 6) is 0.802. The second-order valence-corrected chi connectivity index (χ2v) is 8.21. The molecule has 3 aromatic rings. The molecule has 0 bridgehead atoms. The lowest BCUT2D eigenvalue weighted by Crippen LogP contribution is -2.38. The summed E-state index contributed by atoms with van der Waals surface area (Å²) in [5, 5.41) is 3.68. The standard InChI is InChI=1S/C21H23N5OS/c1-15-3-5-16(6-4-15)13-18-14-24-21(28-18)25-19(27)17-7-11-26(12-8-17)20-22-9-2-10-23-20/h2-6,9-10,14,17H,7-8,11-13H2,1H3,(H,24,25,27). The van der Waals surface area contributed by atoms with Crippen molar-refractivity contribution in [3.05, 3.63) is 64.9 Å². The van der Waals surface area contributed by atoms with E-state index in [9.17, 15) is 4.79 Å². The van der Waals surface area contributed by atoms with Gasteiger partial charge in [-0.3, -0.25) is 4.79 Å². The zero-order chi connectivity index (χ0) is 19.3. The van der Waals surface area contributed by atoms with Crippen LogP contribution in [-0.4, -0.2) is 33.9 Å². The molecule has 0 unspecified atom stereocenters. The van der Waals surface area contributed by atoms with Crippen LogP contribution in [0.4, 0.5) is 11.1 Å². The van der Waals surface area contributed by atoms with Crippen molar-refractivity contribution >= 4 is 28.3 Å². The van der Waals surface area contributed by atoms with Crippen molar-refractivity contribution < 1.29 is 4.79 Å². The minimum absolute atomic E-state index is 0.00408. The van der Waals surface area contributed by atoms with Crippen LogP contribution in [0.5, 0.6) is 0 Å². The van der Waals surface area contributed by atoms with E-state index in [0.29, 0.717) is 5.13 Å². The molecule has 0 spiro atoms. The van der Waals surface area contributed by atoms with Gasteiger partial charge in [-0.25, -0.2) is 15.0 Å². The molecule has 1 fully saturated rings. The van der Waals surface area contributed by atoms with Gasteiger partial charge in [-0.1, -0.05) is 29.8 Å². The maximum Gasteiger partial charge on any atom is 0.229 e. The molecule has 0 atom stereocenters. The van der Waals surface area contributed by atoms with Crippen molar-refractivity contribution in [2.75, 3.05) is 23.3 Å². The van der Waals surface area contributed by atoms with Crippen LogP contribution < -0.4 is 10.2 Å². The Labute approximate surface area is 168 Å². The minimum Gasteiger partial charge on any atom is -0.341 e. The number of amides is 1. The Morgan fingerprint density at radius 2 is 1.86 bits per heavy atom. The quantitative estimate of drug-likeness (QED) is 0.716. The fraction of sp³-hybridized carbons (Fsp3) is 0.333. The van der Waals surface area contributed by atoms with Gasteiger partial charge in [0.1, 0.15) is 0 Å². The van der Waals surface area contributed by atoms with Crippen molar-refractivity contribution in [2.24, 2.45) is 5.92 Å². The normalized spacial score (nSPS) is 14.8. The smallest absolute Gasteiger partial charge is 0.229 e. The summed E-state index contributed by atoms with van der Waals surface area (Å²) in [4.78, 5) is 28.9. The van der Waals surface area contributed by atoms with E-state index in [0.717, 1.165) is 43.2 Å². The van der Waals surface area contributed by atoms with Gasteiger partial charge in [0, 0.05) is 48.9 Å². The first-order valence-electron chi connectivity index (χ1n) is 9.50. The number of nitrogens with zero attached hydrogens (tertiary/aromatic N) is 4. The van der Waals surface area contributed by atoms with E-state index in [1.165, 1.54) is 11.1 Å². The SMILES string of the molecule is Cc1ccc(Cc2cnc(NC(=O)C3CCN(c4ncccn4)CC3)s2)cc1. The summed E-state index contributed by atoms with van der Waals surface area (Å²) in [6.45, 7) is 3.67. The Hall–Kier alpha value is -2.80. The highest BCUT2D eigenvalue weighted by Crippen LogP contribution is 2.25. The fourth-order valence-corrected chi connectivity index (χ4v) is 4.21. The molecule has 1 saturated heterocycles. The van der Waals surface area contributed by atoms with Gasteiger partial charge in [-0.05, 0) is 31.4 Å². The van der Waals surface area contributed by atoms with Crippen molar-refractivity contribution in [1.82, 2.24) is 15.0 Å². The molecule has 6 nitrogen and oxygen atoms in total. The average molecular weight is 394 g/mol. The number of rotatable bonds is 5. The highest BCUT2D eigenvalue weighted by molar-refractivity contribution is 7.15. The fourth-order valence-electron chi connectivity index (χ4n) is 3.36. The third-order valence-electron chi connectivity index (χ3n) is 4.98. The minimum atomic E-state index is 0.00408. The number of nitrogens with one attached hydrogen (secondary N) is 1. The van der Waals surface area contributed by atoms with Crippen LogP contribution in [0.15, 0.2) is 48.9 Å². The molecule has 1 amide bonds. The van der Waals surface area contributed by atoms with E-state index in [1.807, 2.05) is 12.3 Å². The van der Waals surface area contributed by atoms with Gasteiger partial charge in [0.15, 0.2) is 5.13 Å². The van der Waals surface area contributed by atoms with Gasteiger partial charge in [0.25, 0.3) is 0 Å². The molecule has 0 saturated carbocycles. The Morgan fingerprint density at radius 1 is 1.14 bits per heavy atom. The number of aromatic nitrogens is 3. The van der Waals surface area contributed by atoms with E-state index in [2.05, 4.69) is 56.4 Å². The van der Waals surface area contributed by atoms with E-state index < -0.39 is 0 Å². The predicted octanol–water partition coefficient (Wildman–Crippen LogP) is 3.69. The number of hydrogen-bond donors (Lipinski definition) is 1. The summed E-state index contributed by atoms with van der Waals surface area (Å²) in [6.07, 6.45) is 7.78. The number of thiazole rings is 1. The summed E-state index contributed by atoms with van der Waals surface area (Å²) in [6, 6.07) is 10.3. The maximum absolute atomic E-state index is 12.6. The molecule has 4 rings (SSSR count). The van der Waals surface area contributed by atoms with Crippen LogP contribution in [0.25, 0.3) is 0 Å². The lowest BCUT2D eigenvalue weighted by Gasteiger charge is -2.30. The van der Waals surface area contributed by atoms with Crippen LogP contribution in [0.3, 0.4) is 0 Å². The Bertz CT molecular complexity index is 917. The molecule has 28 heavy (non-hydrogen) atoms. The first-order chi connectivity index (χ1) is 13.7. The highest BCUT2D eigenvalue weighted by atomic mass is 32.1. The Balaban J connectivity index is 1.30. The molecular formula is C21H23N5OS. The monoisotopic (exact) mass is 393 g/mol. The van der Waals surface area contributed by atoms with Gasteiger partial charge in [-0.2, -0.15) is 0 Å². The van der Waals surface area contributed by atoms with Crippen molar-refractivity contribution in [2.45, 2.75) is 26.2 Å². The number of carbonyl (C=O) groups excluding carboxylic acids is 1. The summed E-state index contributed by atoms with van der Waals surface area (Å²) in [7, 11) is 0. The zero-order valence-electron chi connectivity index (χ0n) is 15.8. The zero-order valence-corrected chi connectivity index (χ0v) is 16.7. The number of aryl methyl sites for hydroxylation is 1. The number of piperidine rings is 1. The van der Waals surface area contributed by atoms with Crippen LogP contribution in [0.1, 0.15) is 28.8 Å². The first kappa shape index (κ1) is 18.6. The van der Waals surface area contributed by atoms with Crippen molar-refractivity contribution in [3.63, 3.8) is 0 Å².